The maximum Gasteiger partial charge on any atom is 0.325 e. The molecule has 2 aliphatic rings. The molecular formula is C30H34N6O4S. The SMILES string of the molecule is CC(C)N1CCN(c2ccc(C(=O)N3CCN(C(=O)C#N)CC3)cc2NS(=O)(=O)c2ccc3ccccc3c2)CC1. The van der Waals surface area contributed by atoms with Gasteiger partial charge in [0.15, 0.2) is 6.07 Å². The third-order valence-electron chi connectivity index (χ3n) is 7.85. The molecule has 0 spiro atoms. The Kier molecular flexibility index (Phi) is 8.15. The zero-order chi connectivity index (χ0) is 29.1. The van der Waals surface area contributed by atoms with Gasteiger partial charge in [0.25, 0.3) is 15.9 Å². The second-order valence-corrected chi connectivity index (χ2v) is 12.3. The smallest absolute Gasteiger partial charge is 0.325 e. The largest absolute Gasteiger partial charge is 0.367 e. The number of piperazine rings is 2. The molecule has 2 fully saturated rings. The fourth-order valence-electron chi connectivity index (χ4n) is 5.41. The highest BCUT2D eigenvalue weighted by atomic mass is 32.2. The van der Waals surface area contributed by atoms with Gasteiger partial charge in [0.1, 0.15) is 0 Å². The lowest BCUT2D eigenvalue weighted by Crippen LogP contribution is -2.50. The Morgan fingerprint density at radius 1 is 0.829 bits per heavy atom. The molecule has 41 heavy (non-hydrogen) atoms. The van der Waals surface area contributed by atoms with Crippen molar-refractivity contribution in [3.05, 3.63) is 66.2 Å². The van der Waals surface area contributed by atoms with E-state index in [1.165, 1.54) is 4.90 Å². The van der Waals surface area contributed by atoms with E-state index in [9.17, 15) is 18.0 Å². The van der Waals surface area contributed by atoms with Gasteiger partial charge in [0.05, 0.1) is 16.3 Å². The van der Waals surface area contributed by atoms with Gasteiger partial charge in [-0.3, -0.25) is 19.2 Å². The molecule has 2 heterocycles. The minimum Gasteiger partial charge on any atom is -0.367 e. The van der Waals surface area contributed by atoms with Gasteiger partial charge >= 0.3 is 5.91 Å². The molecule has 0 radical (unpaired) electrons. The second kappa shape index (κ2) is 11.8. The van der Waals surface area contributed by atoms with Gasteiger partial charge < -0.3 is 14.7 Å². The summed E-state index contributed by atoms with van der Waals surface area (Å²) in [4.78, 5) is 32.9. The summed E-state index contributed by atoms with van der Waals surface area (Å²) in [7, 11) is -3.96. The van der Waals surface area contributed by atoms with Crippen LogP contribution in [0.25, 0.3) is 10.8 Å². The van der Waals surface area contributed by atoms with Crippen LogP contribution in [-0.2, 0) is 14.8 Å². The van der Waals surface area contributed by atoms with Crippen molar-refractivity contribution >= 4 is 44.0 Å². The summed E-state index contributed by atoms with van der Waals surface area (Å²) in [5.41, 5.74) is 1.42. The first-order valence-corrected chi connectivity index (χ1v) is 15.3. The fourth-order valence-corrected chi connectivity index (χ4v) is 6.51. The van der Waals surface area contributed by atoms with E-state index < -0.39 is 15.9 Å². The summed E-state index contributed by atoms with van der Waals surface area (Å²) in [6.45, 7) is 8.62. The summed E-state index contributed by atoms with van der Waals surface area (Å²) in [6.07, 6.45) is 0. The van der Waals surface area contributed by atoms with Gasteiger partial charge in [-0.1, -0.05) is 30.3 Å². The number of benzene rings is 3. The van der Waals surface area contributed by atoms with Gasteiger partial charge in [-0.15, -0.1) is 0 Å². The highest BCUT2D eigenvalue weighted by Crippen LogP contribution is 2.32. The highest BCUT2D eigenvalue weighted by Gasteiger charge is 2.28. The monoisotopic (exact) mass is 574 g/mol. The summed E-state index contributed by atoms with van der Waals surface area (Å²) in [5.74, 6) is -0.860. The number of amides is 2. The average molecular weight is 575 g/mol. The molecule has 3 aromatic rings. The van der Waals surface area contributed by atoms with E-state index >= 15 is 0 Å². The first kappa shape index (κ1) is 28.4. The second-order valence-electron chi connectivity index (χ2n) is 10.7. The van der Waals surface area contributed by atoms with Gasteiger partial charge in [-0.25, -0.2) is 8.42 Å². The first-order valence-electron chi connectivity index (χ1n) is 13.8. The molecule has 0 bridgehead atoms. The maximum absolute atomic E-state index is 13.6. The van der Waals surface area contributed by atoms with Crippen molar-refractivity contribution in [1.29, 1.82) is 5.26 Å². The van der Waals surface area contributed by atoms with Crippen LogP contribution in [0.1, 0.15) is 24.2 Å². The Balaban J connectivity index is 1.44. The van der Waals surface area contributed by atoms with E-state index in [1.807, 2.05) is 30.3 Å². The maximum atomic E-state index is 13.6. The summed E-state index contributed by atoms with van der Waals surface area (Å²) < 4.78 is 30.1. The van der Waals surface area contributed by atoms with Crippen LogP contribution in [0.15, 0.2) is 65.6 Å². The predicted octanol–water partition coefficient (Wildman–Crippen LogP) is 2.98. The first-order chi connectivity index (χ1) is 19.7. The van der Waals surface area contributed by atoms with Crippen LogP contribution in [-0.4, -0.2) is 93.3 Å². The molecule has 0 unspecified atom stereocenters. The number of nitriles is 1. The molecule has 0 aliphatic carbocycles. The molecular weight excluding hydrogens is 540 g/mol. The normalized spacial score (nSPS) is 16.6. The lowest BCUT2D eigenvalue weighted by molar-refractivity contribution is -0.126. The topological polar surface area (TPSA) is 117 Å². The van der Waals surface area contributed by atoms with Crippen LogP contribution in [0.4, 0.5) is 11.4 Å². The van der Waals surface area contributed by atoms with E-state index in [2.05, 4.69) is 28.4 Å². The van der Waals surface area contributed by atoms with Crippen molar-refractivity contribution in [2.24, 2.45) is 0 Å². The van der Waals surface area contributed by atoms with Crippen molar-refractivity contribution in [3.63, 3.8) is 0 Å². The summed E-state index contributed by atoms with van der Waals surface area (Å²) in [6, 6.07) is 19.8. The number of carbonyl (C=O) groups is 2. The van der Waals surface area contributed by atoms with E-state index in [1.54, 1.807) is 41.3 Å². The van der Waals surface area contributed by atoms with E-state index in [0.717, 1.165) is 42.6 Å². The predicted molar refractivity (Wildman–Crippen MR) is 158 cm³/mol. The molecule has 0 saturated carbocycles. The molecule has 5 rings (SSSR count). The lowest BCUT2D eigenvalue weighted by atomic mass is 10.1. The molecule has 3 aromatic carbocycles. The molecule has 2 aliphatic heterocycles. The van der Waals surface area contributed by atoms with Crippen LogP contribution in [0.5, 0.6) is 0 Å². The lowest BCUT2D eigenvalue weighted by Gasteiger charge is -2.39. The minimum atomic E-state index is -3.96. The molecule has 0 atom stereocenters. The number of rotatable bonds is 6. The Morgan fingerprint density at radius 2 is 1.49 bits per heavy atom. The van der Waals surface area contributed by atoms with E-state index in [-0.39, 0.29) is 23.9 Å². The molecule has 10 nitrogen and oxygen atoms in total. The minimum absolute atomic E-state index is 0.141. The Bertz CT molecular complexity index is 1600. The average Bonchev–Trinajstić information content (AvgIpc) is 3.00. The Morgan fingerprint density at radius 3 is 2.15 bits per heavy atom. The number of anilines is 2. The van der Waals surface area contributed by atoms with Crippen LogP contribution >= 0.6 is 0 Å². The molecule has 214 valence electrons. The van der Waals surface area contributed by atoms with Crippen LogP contribution in [0, 0.1) is 11.3 Å². The fraction of sp³-hybridized carbons (Fsp3) is 0.367. The van der Waals surface area contributed by atoms with Crippen molar-refractivity contribution in [2.75, 3.05) is 62.0 Å². The summed E-state index contributed by atoms with van der Waals surface area (Å²) >= 11 is 0. The van der Waals surface area contributed by atoms with Gasteiger partial charge in [-0.2, -0.15) is 5.26 Å². The number of hydrogen-bond acceptors (Lipinski definition) is 7. The van der Waals surface area contributed by atoms with Crippen molar-refractivity contribution in [2.45, 2.75) is 24.8 Å². The molecule has 1 N–H and O–H groups in total. The zero-order valence-corrected chi connectivity index (χ0v) is 24.1. The Labute approximate surface area is 240 Å². The van der Waals surface area contributed by atoms with Gasteiger partial charge in [0.2, 0.25) is 0 Å². The highest BCUT2D eigenvalue weighted by molar-refractivity contribution is 7.92. The third-order valence-corrected chi connectivity index (χ3v) is 9.22. The zero-order valence-electron chi connectivity index (χ0n) is 23.3. The van der Waals surface area contributed by atoms with E-state index in [0.29, 0.717) is 30.4 Å². The number of hydrogen-bond donors (Lipinski definition) is 1. The molecule has 2 saturated heterocycles. The van der Waals surface area contributed by atoms with Gasteiger partial charge in [0, 0.05) is 64.0 Å². The third kappa shape index (κ3) is 6.14. The van der Waals surface area contributed by atoms with Crippen molar-refractivity contribution in [3.8, 4) is 6.07 Å². The van der Waals surface area contributed by atoms with Gasteiger partial charge in [-0.05, 0) is 55.0 Å². The van der Waals surface area contributed by atoms with Crippen molar-refractivity contribution < 1.29 is 18.0 Å². The van der Waals surface area contributed by atoms with E-state index in [4.69, 9.17) is 5.26 Å². The van der Waals surface area contributed by atoms with Crippen LogP contribution in [0.3, 0.4) is 0 Å². The number of sulfonamides is 1. The number of fused-ring (bicyclic) bond motifs is 1. The quantitative estimate of drug-likeness (QED) is 0.450. The Hall–Kier alpha value is -4.14. The number of nitrogens with zero attached hydrogens (tertiary/aromatic N) is 5. The number of nitrogens with one attached hydrogen (secondary N) is 1. The standard InChI is InChI=1S/C30H34N6O4S/c1-22(2)33-11-13-34(14-12-33)28-10-8-25(30(38)36-17-15-35(16-18-36)29(37)21-31)20-27(28)32-41(39,40)26-9-7-23-5-3-4-6-24(23)19-26/h3-10,19-20,22,32H,11-18H2,1-2H3. The van der Waals surface area contributed by atoms with Crippen molar-refractivity contribution in [1.82, 2.24) is 14.7 Å². The number of carbonyl (C=O) groups excluding carboxylic acids is 2. The molecule has 2 amide bonds. The molecule has 11 heteroatoms. The molecule has 0 aromatic heterocycles. The van der Waals surface area contributed by atoms with Crippen LogP contribution in [0.2, 0.25) is 0 Å². The van der Waals surface area contributed by atoms with Crippen LogP contribution < -0.4 is 9.62 Å². The summed E-state index contributed by atoms with van der Waals surface area (Å²) in [5, 5.41) is 10.7.